The number of hydrogen-bond acceptors (Lipinski definition) is 5. The van der Waals surface area contributed by atoms with Gasteiger partial charge < -0.3 is 4.90 Å². The van der Waals surface area contributed by atoms with Crippen LogP contribution in [-0.4, -0.2) is 53.6 Å². The summed E-state index contributed by atoms with van der Waals surface area (Å²) in [5, 5.41) is 0.769. The lowest BCUT2D eigenvalue weighted by atomic mass is 10.2. The van der Waals surface area contributed by atoms with Crippen LogP contribution in [0, 0.1) is 6.92 Å². The highest BCUT2D eigenvalue weighted by molar-refractivity contribution is 7.99. The highest BCUT2D eigenvalue weighted by Gasteiger charge is 2.30. The lowest BCUT2D eigenvalue weighted by Crippen LogP contribution is -2.35. The fourth-order valence-electron chi connectivity index (χ4n) is 4.67. The number of amides is 1. The number of para-hydroxylation sites is 1. The van der Waals surface area contributed by atoms with Crippen LogP contribution in [-0.2, 0) is 21.2 Å². The highest BCUT2D eigenvalue weighted by atomic mass is 32.2. The molecule has 0 unspecified atom stereocenters. The van der Waals surface area contributed by atoms with E-state index in [9.17, 15) is 13.2 Å². The van der Waals surface area contributed by atoms with E-state index in [1.165, 1.54) is 11.8 Å². The zero-order valence-corrected chi connectivity index (χ0v) is 20.8. The summed E-state index contributed by atoms with van der Waals surface area (Å²) in [5.74, 6) is 0.255. The van der Waals surface area contributed by atoms with Crippen molar-refractivity contribution in [3.63, 3.8) is 0 Å². The van der Waals surface area contributed by atoms with Crippen molar-refractivity contribution in [1.29, 1.82) is 0 Å². The summed E-state index contributed by atoms with van der Waals surface area (Å²) in [6, 6.07) is 13.3. The molecule has 1 saturated heterocycles. The molecule has 0 bridgehead atoms. The normalized spacial score (nSPS) is 16.6. The van der Waals surface area contributed by atoms with Gasteiger partial charge in [-0.05, 0) is 61.6 Å². The van der Waals surface area contributed by atoms with Crippen LogP contribution in [0.15, 0.2) is 64.9 Å². The number of carbonyl (C=O) groups is 1. The number of aryl methyl sites for hydroxylation is 1. The second-order valence-corrected chi connectivity index (χ2v) is 11.6. The van der Waals surface area contributed by atoms with Crippen LogP contribution in [0.1, 0.15) is 30.4 Å². The standard InChI is InChI=1S/C25H28N4O3S2/c1-19-7-3-4-8-22(19)29-16-12-26-25(29)33-18-24(30)28-15-11-20-17-21(9-10-23(20)28)34(31,32)27-13-5-2-6-14-27/h3-4,7-10,12,16-17H,2,5-6,11,13-15,18H2,1H3. The number of imidazole rings is 1. The van der Waals surface area contributed by atoms with Gasteiger partial charge in [0, 0.05) is 37.7 Å². The van der Waals surface area contributed by atoms with E-state index in [0.29, 0.717) is 31.0 Å². The van der Waals surface area contributed by atoms with Crippen molar-refractivity contribution >= 4 is 33.4 Å². The molecule has 1 amide bonds. The monoisotopic (exact) mass is 496 g/mol. The van der Waals surface area contributed by atoms with Crippen LogP contribution in [0.4, 0.5) is 5.69 Å². The number of rotatable bonds is 6. The van der Waals surface area contributed by atoms with Crippen molar-refractivity contribution in [1.82, 2.24) is 13.9 Å². The number of anilines is 1. The molecule has 0 atom stereocenters. The first kappa shape index (κ1) is 23.1. The molecule has 34 heavy (non-hydrogen) atoms. The zero-order chi connectivity index (χ0) is 23.7. The van der Waals surface area contributed by atoms with Crippen LogP contribution < -0.4 is 4.90 Å². The van der Waals surface area contributed by atoms with Crippen LogP contribution in [0.5, 0.6) is 0 Å². The van der Waals surface area contributed by atoms with Gasteiger partial charge >= 0.3 is 0 Å². The summed E-state index contributed by atoms with van der Waals surface area (Å²) < 4.78 is 29.7. The Kier molecular flexibility index (Phi) is 6.50. The molecule has 178 valence electrons. The minimum Gasteiger partial charge on any atom is -0.311 e. The van der Waals surface area contributed by atoms with Gasteiger partial charge in [-0.15, -0.1) is 0 Å². The Labute approximate surface area is 204 Å². The molecular weight excluding hydrogens is 468 g/mol. The lowest BCUT2D eigenvalue weighted by molar-refractivity contribution is -0.116. The highest BCUT2D eigenvalue weighted by Crippen LogP contribution is 2.33. The van der Waals surface area contributed by atoms with E-state index in [1.807, 2.05) is 29.0 Å². The Hall–Kier alpha value is -2.62. The molecule has 5 rings (SSSR count). The molecule has 2 aliphatic heterocycles. The smallest absolute Gasteiger partial charge is 0.243 e. The second kappa shape index (κ2) is 9.56. The number of fused-ring (bicyclic) bond motifs is 1. The Morgan fingerprint density at radius 3 is 2.62 bits per heavy atom. The zero-order valence-electron chi connectivity index (χ0n) is 19.2. The maximum absolute atomic E-state index is 13.1. The number of sulfonamides is 1. The molecule has 3 heterocycles. The number of piperidine rings is 1. The SMILES string of the molecule is Cc1ccccc1-n1ccnc1SCC(=O)N1CCc2cc(S(=O)(=O)N3CCCCC3)ccc21. The summed E-state index contributed by atoms with van der Waals surface area (Å²) in [6.07, 6.45) is 7.21. The van der Waals surface area contributed by atoms with Crippen LogP contribution in [0.25, 0.3) is 5.69 Å². The average molecular weight is 497 g/mol. The van der Waals surface area contributed by atoms with E-state index in [1.54, 1.807) is 33.6 Å². The van der Waals surface area contributed by atoms with Gasteiger partial charge in [-0.25, -0.2) is 13.4 Å². The maximum Gasteiger partial charge on any atom is 0.243 e. The number of carbonyl (C=O) groups excluding carboxylic acids is 1. The molecule has 7 nitrogen and oxygen atoms in total. The van der Waals surface area contributed by atoms with E-state index in [4.69, 9.17) is 0 Å². The van der Waals surface area contributed by atoms with Crippen molar-refractivity contribution in [3.05, 3.63) is 66.0 Å². The molecule has 2 aromatic carbocycles. The van der Waals surface area contributed by atoms with Crippen LogP contribution in [0.2, 0.25) is 0 Å². The molecule has 0 spiro atoms. The van der Waals surface area contributed by atoms with E-state index >= 15 is 0 Å². The van der Waals surface area contributed by atoms with Crippen molar-refractivity contribution in [2.24, 2.45) is 0 Å². The first-order valence-corrected chi connectivity index (χ1v) is 14.0. The largest absolute Gasteiger partial charge is 0.311 e. The first-order chi connectivity index (χ1) is 16.4. The minimum atomic E-state index is -3.48. The average Bonchev–Trinajstić information content (AvgIpc) is 3.50. The van der Waals surface area contributed by atoms with Crippen molar-refractivity contribution < 1.29 is 13.2 Å². The van der Waals surface area contributed by atoms with Gasteiger partial charge in [-0.2, -0.15) is 4.31 Å². The van der Waals surface area contributed by atoms with Gasteiger partial charge in [-0.1, -0.05) is 36.4 Å². The molecule has 0 aliphatic carbocycles. The molecule has 9 heteroatoms. The van der Waals surface area contributed by atoms with E-state index in [2.05, 4.69) is 18.0 Å². The van der Waals surface area contributed by atoms with Gasteiger partial charge in [-0.3, -0.25) is 9.36 Å². The number of hydrogen-bond donors (Lipinski definition) is 0. The molecular formula is C25H28N4O3S2. The van der Waals surface area contributed by atoms with Crippen molar-refractivity contribution in [2.45, 2.75) is 42.7 Å². The molecule has 0 saturated carbocycles. The number of benzene rings is 2. The molecule has 3 aromatic rings. The summed E-state index contributed by atoms with van der Waals surface area (Å²) in [7, 11) is -3.48. The van der Waals surface area contributed by atoms with Crippen LogP contribution in [0.3, 0.4) is 0 Å². The van der Waals surface area contributed by atoms with Gasteiger partial charge in [0.25, 0.3) is 0 Å². The molecule has 0 N–H and O–H groups in total. The topological polar surface area (TPSA) is 75.5 Å². The lowest BCUT2D eigenvalue weighted by Gasteiger charge is -2.26. The molecule has 1 fully saturated rings. The van der Waals surface area contributed by atoms with E-state index in [-0.39, 0.29) is 11.7 Å². The predicted octanol–water partition coefficient (Wildman–Crippen LogP) is 4.04. The Balaban J connectivity index is 1.29. The van der Waals surface area contributed by atoms with Gasteiger partial charge in [0.15, 0.2) is 5.16 Å². The van der Waals surface area contributed by atoms with Gasteiger partial charge in [0.05, 0.1) is 16.3 Å². The number of thioether (sulfide) groups is 1. The summed E-state index contributed by atoms with van der Waals surface area (Å²) >= 11 is 1.41. The fraction of sp³-hybridized carbons (Fsp3) is 0.360. The second-order valence-electron chi connectivity index (χ2n) is 8.71. The number of aromatic nitrogens is 2. The summed E-state index contributed by atoms with van der Waals surface area (Å²) in [6.45, 7) is 3.78. The summed E-state index contributed by atoms with van der Waals surface area (Å²) in [4.78, 5) is 19.6. The Morgan fingerprint density at radius 1 is 1.03 bits per heavy atom. The van der Waals surface area contributed by atoms with Crippen LogP contribution >= 0.6 is 11.8 Å². The fourth-order valence-corrected chi connectivity index (χ4v) is 7.08. The third kappa shape index (κ3) is 4.39. The van der Waals surface area contributed by atoms with Gasteiger partial charge in [0.2, 0.25) is 15.9 Å². The third-order valence-electron chi connectivity index (χ3n) is 6.51. The number of nitrogens with zero attached hydrogens (tertiary/aromatic N) is 4. The Morgan fingerprint density at radius 2 is 1.82 bits per heavy atom. The van der Waals surface area contributed by atoms with Crippen molar-refractivity contribution in [3.8, 4) is 5.69 Å². The molecule has 0 radical (unpaired) electrons. The third-order valence-corrected chi connectivity index (χ3v) is 9.35. The molecule has 1 aromatic heterocycles. The maximum atomic E-state index is 13.1. The van der Waals surface area contributed by atoms with E-state index in [0.717, 1.165) is 46.9 Å². The van der Waals surface area contributed by atoms with Gasteiger partial charge in [0.1, 0.15) is 0 Å². The van der Waals surface area contributed by atoms with E-state index < -0.39 is 10.0 Å². The first-order valence-electron chi connectivity index (χ1n) is 11.6. The predicted molar refractivity (Wildman–Crippen MR) is 134 cm³/mol. The summed E-state index contributed by atoms with van der Waals surface area (Å²) in [5.41, 5.74) is 3.91. The molecule has 2 aliphatic rings. The minimum absolute atomic E-state index is 0.00489. The Bertz CT molecular complexity index is 1310. The quantitative estimate of drug-likeness (QED) is 0.482. The van der Waals surface area contributed by atoms with Crippen molar-refractivity contribution in [2.75, 3.05) is 30.3 Å².